The fourth-order valence-electron chi connectivity index (χ4n) is 8.26. The Labute approximate surface area is 335 Å². The smallest absolute Gasteiger partial charge is 0.160 e. The van der Waals surface area contributed by atoms with Crippen LogP contribution in [0.2, 0.25) is 0 Å². The van der Waals surface area contributed by atoms with Crippen molar-refractivity contribution in [3.63, 3.8) is 0 Å². The molecule has 8 aromatic carbocycles. The van der Waals surface area contributed by atoms with Crippen molar-refractivity contribution in [3.8, 4) is 67.4 Å². The highest BCUT2D eigenvalue weighted by molar-refractivity contribution is 6.16. The van der Waals surface area contributed by atoms with Crippen molar-refractivity contribution < 1.29 is 0 Å². The van der Waals surface area contributed by atoms with Gasteiger partial charge in [-0.2, -0.15) is 0 Å². The molecule has 0 bridgehead atoms. The maximum atomic E-state index is 5.42. The molecule has 3 heterocycles. The third-order valence-corrected chi connectivity index (χ3v) is 11.1. The molecule has 0 saturated heterocycles. The van der Waals surface area contributed by atoms with Crippen LogP contribution in [0.1, 0.15) is 0 Å². The first-order valence-corrected chi connectivity index (χ1v) is 19.6. The summed E-state index contributed by atoms with van der Waals surface area (Å²) in [6.07, 6.45) is 0. The van der Waals surface area contributed by atoms with Crippen molar-refractivity contribution in [2.24, 2.45) is 0 Å². The molecular weight excluding hydrogens is 705 g/mol. The molecule has 4 heteroatoms. The van der Waals surface area contributed by atoms with Gasteiger partial charge in [0, 0.05) is 44.0 Å². The monoisotopic (exact) mass is 738 g/mol. The first-order chi connectivity index (χ1) is 28.7. The third-order valence-electron chi connectivity index (χ3n) is 11.1. The number of hydrogen-bond donors (Lipinski definition) is 0. The van der Waals surface area contributed by atoms with Gasteiger partial charge in [-0.1, -0.05) is 188 Å². The molecule has 0 aliphatic heterocycles. The number of hydrogen-bond acceptors (Lipinski definition) is 4. The van der Waals surface area contributed by atoms with Gasteiger partial charge in [-0.25, -0.2) is 19.9 Å². The van der Waals surface area contributed by atoms with Crippen LogP contribution in [0.3, 0.4) is 0 Å². The Bertz CT molecular complexity index is 3310. The highest BCUT2D eigenvalue weighted by atomic mass is 14.9. The number of rotatable bonds is 6. The minimum Gasteiger partial charge on any atom is -0.245 e. The predicted molar refractivity (Wildman–Crippen MR) is 240 cm³/mol. The largest absolute Gasteiger partial charge is 0.245 e. The standard InChI is InChI=1S/C54H34N4/c1-4-14-35(15-5-1)36-24-26-37(27-25-36)49-34-50(58-54(57-49)40-18-8-3-9-19-40)44-32-31-43(41-20-10-11-21-42(41)44)48-33-29-39-28-30-46-51(38-16-6-2-7-17-38)45-22-12-13-23-47(45)56-53(46)52(39)55-48/h1-34H. The number of pyridine rings is 2. The number of para-hydroxylation sites is 1. The molecule has 270 valence electrons. The topological polar surface area (TPSA) is 51.6 Å². The van der Waals surface area contributed by atoms with E-state index in [1.165, 1.54) is 16.7 Å². The van der Waals surface area contributed by atoms with Gasteiger partial charge in [0.25, 0.3) is 0 Å². The zero-order chi connectivity index (χ0) is 38.4. The van der Waals surface area contributed by atoms with E-state index in [1.807, 2.05) is 24.3 Å². The van der Waals surface area contributed by atoms with Gasteiger partial charge in [0.05, 0.1) is 33.6 Å². The molecule has 58 heavy (non-hydrogen) atoms. The number of nitrogens with zero attached hydrogens (tertiary/aromatic N) is 4. The quantitative estimate of drug-likeness (QED) is 0.126. The molecular formula is C54H34N4. The van der Waals surface area contributed by atoms with Crippen LogP contribution in [0.25, 0.3) is 111 Å². The van der Waals surface area contributed by atoms with E-state index in [0.717, 1.165) is 88.4 Å². The minimum atomic E-state index is 0.686. The Morgan fingerprint density at radius 3 is 1.52 bits per heavy atom. The second-order valence-corrected chi connectivity index (χ2v) is 14.6. The molecule has 0 atom stereocenters. The number of fused-ring (bicyclic) bond motifs is 5. The fraction of sp³-hybridized carbons (Fsp3) is 0. The highest BCUT2D eigenvalue weighted by Gasteiger charge is 2.18. The summed E-state index contributed by atoms with van der Waals surface area (Å²) in [5.74, 6) is 0.686. The van der Waals surface area contributed by atoms with E-state index < -0.39 is 0 Å². The summed E-state index contributed by atoms with van der Waals surface area (Å²) < 4.78 is 0. The fourth-order valence-corrected chi connectivity index (χ4v) is 8.26. The number of benzene rings is 8. The van der Waals surface area contributed by atoms with Crippen molar-refractivity contribution >= 4 is 43.5 Å². The van der Waals surface area contributed by atoms with Crippen LogP contribution in [0.4, 0.5) is 0 Å². The van der Waals surface area contributed by atoms with Crippen LogP contribution < -0.4 is 0 Å². The molecule has 0 radical (unpaired) electrons. The summed E-state index contributed by atoms with van der Waals surface area (Å²) in [5.41, 5.74) is 14.1. The van der Waals surface area contributed by atoms with Crippen LogP contribution in [-0.4, -0.2) is 19.9 Å². The van der Waals surface area contributed by atoms with Gasteiger partial charge in [-0.05, 0) is 45.7 Å². The van der Waals surface area contributed by atoms with Gasteiger partial charge in [0.2, 0.25) is 0 Å². The molecule has 0 aliphatic carbocycles. The molecule has 0 unspecified atom stereocenters. The van der Waals surface area contributed by atoms with E-state index in [-0.39, 0.29) is 0 Å². The number of aromatic nitrogens is 4. The molecule has 4 nitrogen and oxygen atoms in total. The molecule has 0 aliphatic rings. The van der Waals surface area contributed by atoms with E-state index in [2.05, 4.69) is 182 Å². The third kappa shape index (κ3) is 5.87. The summed E-state index contributed by atoms with van der Waals surface area (Å²) in [5, 5.41) is 5.47. The minimum absolute atomic E-state index is 0.686. The molecule has 0 amide bonds. The van der Waals surface area contributed by atoms with E-state index in [9.17, 15) is 0 Å². The summed E-state index contributed by atoms with van der Waals surface area (Å²) in [7, 11) is 0. The normalized spacial score (nSPS) is 11.4. The predicted octanol–water partition coefficient (Wildman–Crippen LogP) is 13.9. The van der Waals surface area contributed by atoms with E-state index in [4.69, 9.17) is 19.9 Å². The lowest BCUT2D eigenvalue weighted by atomic mass is 9.94. The summed E-state index contributed by atoms with van der Waals surface area (Å²) in [6, 6.07) is 72.0. The van der Waals surface area contributed by atoms with Crippen LogP contribution in [0.5, 0.6) is 0 Å². The van der Waals surface area contributed by atoms with E-state index >= 15 is 0 Å². The average molecular weight is 739 g/mol. The Morgan fingerprint density at radius 1 is 0.276 bits per heavy atom. The molecule has 11 rings (SSSR count). The van der Waals surface area contributed by atoms with Gasteiger partial charge < -0.3 is 0 Å². The first-order valence-electron chi connectivity index (χ1n) is 19.6. The van der Waals surface area contributed by atoms with Crippen LogP contribution in [0, 0.1) is 0 Å². The van der Waals surface area contributed by atoms with Crippen LogP contribution in [-0.2, 0) is 0 Å². The molecule has 0 fully saturated rings. The zero-order valence-electron chi connectivity index (χ0n) is 31.4. The molecule has 3 aromatic heterocycles. The molecule has 0 spiro atoms. The average Bonchev–Trinajstić information content (AvgIpc) is 3.31. The Kier molecular flexibility index (Phi) is 8.11. The van der Waals surface area contributed by atoms with Crippen LogP contribution >= 0.6 is 0 Å². The summed E-state index contributed by atoms with van der Waals surface area (Å²) in [6.45, 7) is 0. The maximum Gasteiger partial charge on any atom is 0.160 e. The second-order valence-electron chi connectivity index (χ2n) is 14.6. The first kappa shape index (κ1) is 33.5. The van der Waals surface area contributed by atoms with Crippen molar-refractivity contribution in [1.82, 2.24) is 19.9 Å². The maximum absolute atomic E-state index is 5.42. The Hall–Kier alpha value is -7.82. The molecule has 0 N–H and O–H groups in total. The highest BCUT2D eigenvalue weighted by Crippen LogP contribution is 2.40. The lowest BCUT2D eigenvalue weighted by molar-refractivity contribution is 1.18. The van der Waals surface area contributed by atoms with E-state index in [0.29, 0.717) is 5.82 Å². The summed E-state index contributed by atoms with van der Waals surface area (Å²) >= 11 is 0. The zero-order valence-corrected chi connectivity index (χ0v) is 31.4. The van der Waals surface area contributed by atoms with Gasteiger partial charge in [-0.15, -0.1) is 0 Å². The van der Waals surface area contributed by atoms with Gasteiger partial charge in [-0.3, -0.25) is 0 Å². The van der Waals surface area contributed by atoms with Gasteiger partial charge >= 0.3 is 0 Å². The summed E-state index contributed by atoms with van der Waals surface area (Å²) in [4.78, 5) is 21.0. The van der Waals surface area contributed by atoms with Crippen molar-refractivity contribution in [2.45, 2.75) is 0 Å². The van der Waals surface area contributed by atoms with Crippen molar-refractivity contribution in [3.05, 3.63) is 206 Å². The lowest BCUT2D eigenvalue weighted by Crippen LogP contribution is -1.97. The second kappa shape index (κ2) is 14.0. The Morgan fingerprint density at radius 2 is 0.810 bits per heavy atom. The van der Waals surface area contributed by atoms with E-state index in [1.54, 1.807) is 0 Å². The lowest BCUT2D eigenvalue weighted by Gasteiger charge is -2.15. The van der Waals surface area contributed by atoms with Crippen molar-refractivity contribution in [2.75, 3.05) is 0 Å². The Balaban J connectivity index is 1.07. The SMILES string of the molecule is c1ccc(-c2ccc(-c3cc(-c4ccc(-c5ccc6ccc7c(-c8ccccc8)c8ccccc8nc7c6n5)c5ccccc45)nc(-c4ccccc4)n3)cc2)cc1. The molecule has 11 aromatic rings. The van der Waals surface area contributed by atoms with Crippen molar-refractivity contribution in [1.29, 1.82) is 0 Å². The van der Waals surface area contributed by atoms with Gasteiger partial charge in [0.15, 0.2) is 5.82 Å². The van der Waals surface area contributed by atoms with Gasteiger partial charge in [0.1, 0.15) is 0 Å². The molecule has 0 saturated carbocycles. The van der Waals surface area contributed by atoms with Crippen LogP contribution in [0.15, 0.2) is 206 Å².